The molecule has 29 heavy (non-hydrogen) atoms. The summed E-state index contributed by atoms with van der Waals surface area (Å²) in [6.45, 7) is 6.20. The van der Waals surface area contributed by atoms with Crippen LogP contribution in [0.2, 0.25) is 0 Å². The first-order valence-corrected chi connectivity index (χ1v) is 11.0. The Morgan fingerprint density at radius 3 is 2.72 bits per heavy atom. The van der Waals surface area contributed by atoms with Gasteiger partial charge in [-0.25, -0.2) is 0 Å². The molecule has 2 aromatic carbocycles. The van der Waals surface area contributed by atoms with E-state index in [-0.39, 0.29) is 11.3 Å². The fourth-order valence-electron chi connectivity index (χ4n) is 5.57. The van der Waals surface area contributed by atoms with Crippen molar-refractivity contribution in [3.8, 4) is 5.75 Å². The number of hydrogen-bond acceptors (Lipinski definition) is 2. The average molecular weight is 392 g/mol. The number of nitrogens with zero attached hydrogens (tertiary/aromatic N) is 1. The van der Waals surface area contributed by atoms with E-state index < -0.39 is 0 Å². The highest BCUT2D eigenvalue weighted by Gasteiger charge is 2.47. The lowest BCUT2D eigenvalue weighted by atomic mass is 9.57. The number of ether oxygens (including phenoxy) is 1. The smallest absolute Gasteiger partial charge is 0.226 e. The van der Waals surface area contributed by atoms with Gasteiger partial charge in [-0.1, -0.05) is 55.3 Å². The van der Waals surface area contributed by atoms with Crippen LogP contribution in [-0.4, -0.2) is 31.0 Å². The van der Waals surface area contributed by atoms with Gasteiger partial charge in [0.2, 0.25) is 5.91 Å². The molecule has 1 saturated heterocycles. The summed E-state index contributed by atoms with van der Waals surface area (Å²) in [6, 6.07) is 17.0. The molecule has 3 nitrogen and oxygen atoms in total. The number of carbonyl (C=O) groups excluding carboxylic acids is 1. The summed E-state index contributed by atoms with van der Waals surface area (Å²) in [5.74, 6) is 2.47. The molecule has 1 saturated carbocycles. The normalized spacial score (nSPS) is 26.7. The second-order valence-corrected chi connectivity index (χ2v) is 9.22. The van der Waals surface area contributed by atoms with E-state index in [1.807, 2.05) is 6.07 Å². The molecule has 2 aliphatic rings. The summed E-state index contributed by atoms with van der Waals surface area (Å²) in [7, 11) is 1.74. The number of piperidine rings is 1. The van der Waals surface area contributed by atoms with E-state index in [9.17, 15) is 4.79 Å². The van der Waals surface area contributed by atoms with Gasteiger partial charge in [-0.15, -0.1) is 0 Å². The Kier molecular flexibility index (Phi) is 5.67. The lowest BCUT2D eigenvalue weighted by molar-refractivity contribution is -0.134. The number of likely N-dealkylation sites (tertiary alicyclic amines) is 1. The number of carbonyl (C=O) groups is 1. The molecule has 1 amide bonds. The van der Waals surface area contributed by atoms with Crippen LogP contribution < -0.4 is 4.74 Å². The van der Waals surface area contributed by atoms with E-state index in [1.54, 1.807) is 7.11 Å². The third-order valence-corrected chi connectivity index (χ3v) is 7.24. The second kappa shape index (κ2) is 8.22. The van der Waals surface area contributed by atoms with Crippen LogP contribution in [0.3, 0.4) is 0 Å². The van der Waals surface area contributed by atoms with E-state index in [1.165, 1.54) is 30.4 Å². The van der Waals surface area contributed by atoms with Gasteiger partial charge in [-0.3, -0.25) is 4.79 Å². The third-order valence-electron chi connectivity index (χ3n) is 7.24. The minimum atomic E-state index is 0.173. The van der Waals surface area contributed by atoms with Crippen molar-refractivity contribution in [1.29, 1.82) is 0 Å². The molecule has 1 heterocycles. The van der Waals surface area contributed by atoms with Crippen LogP contribution in [-0.2, 0) is 16.6 Å². The van der Waals surface area contributed by atoms with Gasteiger partial charge in [0, 0.05) is 18.5 Å². The van der Waals surface area contributed by atoms with Crippen molar-refractivity contribution in [3.63, 3.8) is 0 Å². The number of amides is 1. The largest absolute Gasteiger partial charge is 0.497 e. The van der Waals surface area contributed by atoms with E-state index in [4.69, 9.17) is 4.74 Å². The molecule has 0 N–H and O–H groups in total. The maximum absolute atomic E-state index is 13.0. The zero-order chi connectivity index (χ0) is 20.4. The van der Waals surface area contributed by atoms with E-state index in [2.05, 4.69) is 61.2 Å². The van der Waals surface area contributed by atoms with Gasteiger partial charge in [-0.05, 0) is 61.3 Å². The highest BCUT2D eigenvalue weighted by atomic mass is 16.5. The predicted octanol–water partition coefficient (Wildman–Crippen LogP) is 5.15. The predicted molar refractivity (Wildman–Crippen MR) is 117 cm³/mol. The van der Waals surface area contributed by atoms with Gasteiger partial charge >= 0.3 is 0 Å². The lowest BCUT2D eigenvalue weighted by Gasteiger charge is -2.52. The maximum Gasteiger partial charge on any atom is 0.226 e. The Morgan fingerprint density at radius 2 is 1.97 bits per heavy atom. The monoisotopic (exact) mass is 391 g/mol. The molecule has 0 aromatic heterocycles. The molecule has 3 unspecified atom stereocenters. The Hall–Kier alpha value is -2.29. The van der Waals surface area contributed by atoms with Crippen molar-refractivity contribution in [1.82, 2.24) is 4.90 Å². The van der Waals surface area contributed by atoms with Gasteiger partial charge in [-0.2, -0.15) is 0 Å². The number of fused-ring (bicyclic) bond motifs is 1. The van der Waals surface area contributed by atoms with Crippen LogP contribution in [0.4, 0.5) is 0 Å². The van der Waals surface area contributed by atoms with E-state index in [0.29, 0.717) is 12.3 Å². The standard InChI is InChI=1S/C26H33NO2/c1-19-7-10-21(11-8-19)15-25(28)27-14-13-26(17-20(2)9-12-23(26)18-27)22-5-4-6-24(16-22)29-3/h4-8,10-11,16,20,23H,9,12-15,17-18H2,1-3H3. The van der Waals surface area contributed by atoms with Crippen molar-refractivity contribution in [2.24, 2.45) is 11.8 Å². The summed E-state index contributed by atoms with van der Waals surface area (Å²) in [5.41, 5.74) is 3.92. The van der Waals surface area contributed by atoms with Crippen molar-refractivity contribution < 1.29 is 9.53 Å². The molecule has 0 spiro atoms. The molecule has 3 atom stereocenters. The van der Waals surface area contributed by atoms with Crippen LogP contribution in [0.25, 0.3) is 0 Å². The van der Waals surface area contributed by atoms with Crippen molar-refractivity contribution in [2.45, 2.75) is 51.4 Å². The first-order valence-electron chi connectivity index (χ1n) is 11.0. The molecular formula is C26H33NO2. The number of benzene rings is 2. The minimum absolute atomic E-state index is 0.173. The molecule has 4 rings (SSSR count). The SMILES string of the molecule is COc1cccc(C23CCN(C(=O)Cc4ccc(C)cc4)CC2CCC(C)C3)c1. The number of hydrogen-bond donors (Lipinski definition) is 0. The molecule has 2 aromatic rings. The fourth-order valence-corrected chi connectivity index (χ4v) is 5.57. The lowest BCUT2D eigenvalue weighted by Crippen LogP contribution is -2.54. The van der Waals surface area contributed by atoms with Crippen LogP contribution in [0.1, 0.15) is 49.3 Å². The third kappa shape index (κ3) is 4.05. The molecule has 1 aliphatic heterocycles. The van der Waals surface area contributed by atoms with Crippen LogP contribution >= 0.6 is 0 Å². The topological polar surface area (TPSA) is 29.5 Å². The molecule has 0 bridgehead atoms. The molecular weight excluding hydrogens is 358 g/mol. The summed E-state index contributed by atoms with van der Waals surface area (Å²) < 4.78 is 5.52. The highest BCUT2D eigenvalue weighted by Crippen LogP contribution is 2.51. The minimum Gasteiger partial charge on any atom is -0.497 e. The molecule has 1 aliphatic carbocycles. The molecule has 3 heteroatoms. The Labute approximate surface area is 175 Å². The van der Waals surface area contributed by atoms with Crippen LogP contribution in [0, 0.1) is 18.8 Å². The summed E-state index contributed by atoms with van der Waals surface area (Å²) >= 11 is 0. The van der Waals surface area contributed by atoms with Crippen molar-refractivity contribution >= 4 is 5.91 Å². The zero-order valence-corrected chi connectivity index (χ0v) is 18.0. The Morgan fingerprint density at radius 1 is 1.17 bits per heavy atom. The molecule has 154 valence electrons. The van der Waals surface area contributed by atoms with Crippen LogP contribution in [0.15, 0.2) is 48.5 Å². The van der Waals surface area contributed by atoms with Gasteiger partial charge in [0.1, 0.15) is 5.75 Å². The van der Waals surface area contributed by atoms with Gasteiger partial charge < -0.3 is 9.64 Å². The first-order chi connectivity index (χ1) is 14.0. The van der Waals surface area contributed by atoms with Crippen molar-refractivity contribution in [3.05, 3.63) is 65.2 Å². The van der Waals surface area contributed by atoms with Gasteiger partial charge in [0.05, 0.1) is 13.5 Å². The summed E-state index contributed by atoms with van der Waals surface area (Å²) in [5, 5.41) is 0. The van der Waals surface area contributed by atoms with Crippen molar-refractivity contribution in [2.75, 3.05) is 20.2 Å². The molecule has 0 radical (unpaired) electrons. The van der Waals surface area contributed by atoms with E-state index in [0.717, 1.165) is 36.7 Å². The Balaban J connectivity index is 1.54. The van der Waals surface area contributed by atoms with Gasteiger partial charge in [0.25, 0.3) is 0 Å². The second-order valence-electron chi connectivity index (χ2n) is 9.22. The number of aryl methyl sites for hydroxylation is 1. The molecule has 2 fully saturated rings. The average Bonchev–Trinajstić information content (AvgIpc) is 2.74. The quantitative estimate of drug-likeness (QED) is 0.721. The summed E-state index contributed by atoms with van der Waals surface area (Å²) in [6.07, 6.45) is 5.23. The zero-order valence-electron chi connectivity index (χ0n) is 18.0. The van der Waals surface area contributed by atoms with Crippen LogP contribution in [0.5, 0.6) is 5.75 Å². The first kappa shape index (κ1) is 20.0. The van der Waals surface area contributed by atoms with Gasteiger partial charge in [0.15, 0.2) is 0 Å². The summed E-state index contributed by atoms with van der Waals surface area (Å²) in [4.78, 5) is 15.2. The number of rotatable bonds is 4. The number of methoxy groups -OCH3 is 1. The van der Waals surface area contributed by atoms with E-state index >= 15 is 0 Å². The fraction of sp³-hybridized carbons (Fsp3) is 0.500. The Bertz CT molecular complexity index is 859. The maximum atomic E-state index is 13.0. The highest BCUT2D eigenvalue weighted by molar-refractivity contribution is 5.79.